The predicted octanol–water partition coefficient (Wildman–Crippen LogP) is 3.89. The van der Waals surface area contributed by atoms with Gasteiger partial charge >= 0.3 is 0 Å². The molecule has 4 heteroatoms. The van der Waals surface area contributed by atoms with Crippen LogP contribution in [0.4, 0.5) is 0 Å². The van der Waals surface area contributed by atoms with Crippen molar-refractivity contribution in [3.8, 4) is 11.3 Å². The summed E-state index contributed by atoms with van der Waals surface area (Å²) in [6, 6.07) is 13.7. The van der Waals surface area contributed by atoms with E-state index >= 15 is 0 Å². The summed E-state index contributed by atoms with van der Waals surface area (Å²) in [5.74, 6) is 0.856. The molecule has 88 valence electrons. The van der Waals surface area contributed by atoms with Crippen LogP contribution in [0.5, 0.6) is 0 Å². The van der Waals surface area contributed by atoms with Gasteiger partial charge in [-0.3, -0.25) is 0 Å². The van der Waals surface area contributed by atoms with Crippen molar-refractivity contribution in [1.29, 1.82) is 0 Å². The first-order valence-electron chi connectivity index (χ1n) is 5.51. The summed E-state index contributed by atoms with van der Waals surface area (Å²) < 4.78 is 5.44. The van der Waals surface area contributed by atoms with Crippen LogP contribution in [0.15, 0.2) is 75.6 Å². The molecule has 0 unspecified atom stereocenters. The van der Waals surface area contributed by atoms with Crippen molar-refractivity contribution in [2.45, 2.75) is 10.1 Å². The normalized spacial score (nSPS) is 10.4. The lowest BCUT2D eigenvalue weighted by atomic mass is 10.2. The van der Waals surface area contributed by atoms with E-state index in [-0.39, 0.29) is 0 Å². The van der Waals surface area contributed by atoms with E-state index in [0.29, 0.717) is 0 Å². The van der Waals surface area contributed by atoms with Gasteiger partial charge in [-0.2, -0.15) is 0 Å². The third-order valence-corrected chi connectivity index (χ3v) is 3.39. The van der Waals surface area contributed by atoms with Crippen LogP contribution in [0.25, 0.3) is 11.3 Å². The second-order valence-electron chi connectivity index (χ2n) is 3.61. The largest absolute Gasteiger partial charge is 0.464 e. The average molecular weight is 254 g/mol. The third-order valence-electron chi connectivity index (χ3n) is 2.42. The lowest BCUT2D eigenvalue weighted by Gasteiger charge is -2.05. The molecule has 0 spiro atoms. The van der Waals surface area contributed by atoms with Crippen LogP contribution in [0.3, 0.4) is 0 Å². The molecule has 18 heavy (non-hydrogen) atoms. The zero-order chi connectivity index (χ0) is 12.2. The topological polar surface area (TPSA) is 38.9 Å². The minimum atomic E-state index is 0.733. The van der Waals surface area contributed by atoms with Crippen LogP contribution in [0.2, 0.25) is 0 Å². The molecule has 3 rings (SSSR count). The summed E-state index contributed by atoms with van der Waals surface area (Å²) in [6.07, 6.45) is 5.16. The number of aromatic nitrogens is 2. The first-order valence-corrected chi connectivity index (χ1v) is 6.33. The van der Waals surface area contributed by atoms with E-state index in [1.54, 1.807) is 18.7 Å². The van der Waals surface area contributed by atoms with Crippen molar-refractivity contribution in [2.75, 3.05) is 0 Å². The van der Waals surface area contributed by atoms with Gasteiger partial charge in [0.1, 0.15) is 5.76 Å². The van der Waals surface area contributed by atoms with E-state index in [2.05, 4.69) is 9.97 Å². The van der Waals surface area contributed by atoms with Crippen LogP contribution < -0.4 is 0 Å². The molecule has 0 atom stereocenters. The standard InChI is InChI=1S/C14H10N2OS/c1-2-7-13(18-14-15-8-4-9-16-14)11(5-1)12-6-3-10-17-12/h1-10H. The Hall–Kier alpha value is -2.07. The quantitative estimate of drug-likeness (QED) is 0.665. The minimum Gasteiger partial charge on any atom is -0.464 e. The fourth-order valence-corrected chi connectivity index (χ4v) is 2.48. The fraction of sp³-hybridized carbons (Fsp3) is 0. The molecule has 0 fully saturated rings. The molecule has 0 saturated carbocycles. The lowest BCUT2D eigenvalue weighted by molar-refractivity contribution is 0.581. The van der Waals surface area contributed by atoms with E-state index in [0.717, 1.165) is 21.4 Å². The highest BCUT2D eigenvalue weighted by atomic mass is 32.2. The van der Waals surface area contributed by atoms with Crippen LogP contribution in [-0.4, -0.2) is 9.97 Å². The second-order valence-corrected chi connectivity index (χ2v) is 4.62. The maximum Gasteiger partial charge on any atom is 0.192 e. The summed E-state index contributed by atoms with van der Waals surface area (Å²) in [5, 5.41) is 0.733. The molecule has 0 N–H and O–H groups in total. The van der Waals surface area contributed by atoms with Gasteiger partial charge in [-0.05, 0) is 36.0 Å². The summed E-state index contributed by atoms with van der Waals surface area (Å²) >= 11 is 1.53. The minimum absolute atomic E-state index is 0.733. The van der Waals surface area contributed by atoms with Crippen molar-refractivity contribution in [2.24, 2.45) is 0 Å². The Balaban J connectivity index is 1.98. The summed E-state index contributed by atoms with van der Waals surface area (Å²) in [6.45, 7) is 0. The Labute approximate surface area is 109 Å². The van der Waals surface area contributed by atoms with Gasteiger partial charge in [-0.15, -0.1) is 0 Å². The third kappa shape index (κ3) is 2.28. The Bertz CT molecular complexity index is 623. The summed E-state index contributed by atoms with van der Waals surface area (Å²) in [4.78, 5) is 9.52. The monoisotopic (exact) mass is 254 g/mol. The molecule has 0 amide bonds. The molecule has 3 aromatic rings. The molecular weight excluding hydrogens is 244 g/mol. The van der Waals surface area contributed by atoms with E-state index in [4.69, 9.17) is 4.42 Å². The predicted molar refractivity (Wildman–Crippen MR) is 70.3 cm³/mol. The van der Waals surface area contributed by atoms with Gasteiger partial charge in [0.15, 0.2) is 5.16 Å². The Morgan fingerprint density at radius 2 is 1.72 bits per heavy atom. The highest BCUT2D eigenvalue weighted by Crippen LogP contribution is 2.34. The molecule has 0 saturated heterocycles. The number of rotatable bonds is 3. The molecule has 3 nitrogen and oxygen atoms in total. The number of nitrogens with zero attached hydrogens (tertiary/aromatic N) is 2. The highest BCUT2D eigenvalue weighted by Gasteiger charge is 2.09. The molecule has 0 aliphatic carbocycles. The molecule has 2 aromatic heterocycles. The van der Waals surface area contributed by atoms with Gasteiger partial charge < -0.3 is 4.42 Å². The number of furan rings is 1. The van der Waals surface area contributed by atoms with E-state index in [9.17, 15) is 0 Å². The van der Waals surface area contributed by atoms with E-state index in [1.165, 1.54) is 11.8 Å². The van der Waals surface area contributed by atoms with E-state index < -0.39 is 0 Å². The number of hydrogen-bond donors (Lipinski definition) is 0. The molecule has 0 aliphatic rings. The summed E-state index contributed by atoms with van der Waals surface area (Å²) in [7, 11) is 0. The van der Waals surface area contributed by atoms with Gasteiger partial charge in [0.25, 0.3) is 0 Å². The van der Waals surface area contributed by atoms with Gasteiger partial charge in [0.05, 0.1) is 6.26 Å². The van der Waals surface area contributed by atoms with Crippen molar-refractivity contribution >= 4 is 11.8 Å². The Morgan fingerprint density at radius 3 is 2.50 bits per heavy atom. The molecular formula is C14H10N2OS. The Kier molecular flexibility index (Phi) is 3.10. The highest BCUT2D eigenvalue weighted by molar-refractivity contribution is 7.99. The zero-order valence-corrected chi connectivity index (χ0v) is 10.3. The number of hydrogen-bond acceptors (Lipinski definition) is 4. The van der Waals surface area contributed by atoms with Crippen LogP contribution in [0, 0.1) is 0 Å². The van der Waals surface area contributed by atoms with Crippen molar-refractivity contribution in [3.05, 3.63) is 61.1 Å². The van der Waals surface area contributed by atoms with Crippen molar-refractivity contribution in [3.63, 3.8) is 0 Å². The average Bonchev–Trinajstić information content (AvgIpc) is 2.94. The van der Waals surface area contributed by atoms with Gasteiger partial charge in [-0.1, -0.05) is 18.2 Å². The summed E-state index contributed by atoms with van der Waals surface area (Å²) in [5.41, 5.74) is 1.06. The fourth-order valence-electron chi connectivity index (χ4n) is 1.63. The first-order chi connectivity index (χ1) is 8.93. The lowest BCUT2D eigenvalue weighted by Crippen LogP contribution is -1.85. The van der Waals surface area contributed by atoms with Crippen LogP contribution in [-0.2, 0) is 0 Å². The van der Waals surface area contributed by atoms with Crippen molar-refractivity contribution in [1.82, 2.24) is 9.97 Å². The molecule has 1 aromatic carbocycles. The molecule has 0 bridgehead atoms. The maximum atomic E-state index is 5.44. The smallest absolute Gasteiger partial charge is 0.192 e. The maximum absolute atomic E-state index is 5.44. The first kappa shape index (κ1) is 11.0. The zero-order valence-electron chi connectivity index (χ0n) is 9.48. The van der Waals surface area contributed by atoms with Gasteiger partial charge in [-0.25, -0.2) is 9.97 Å². The van der Waals surface area contributed by atoms with Crippen LogP contribution in [0.1, 0.15) is 0 Å². The molecule has 2 heterocycles. The van der Waals surface area contributed by atoms with Gasteiger partial charge in [0, 0.05) is 22.9 Å². The Morgan fingerprint density at radius 1 is 0.889 bits per heavy atom. The molecule has 0 radical (unpaired) electrons. The van der Waals surface area contributed by atoms with E-state index in [1.807, 2.05) is 42.5 Å². The van der Waals surface area contributed by atoms with Gasteiger partial charge in [0.2, 0.25) is 0 Å². The second kappa shape index (κ2) is 5.06. The van der Waals surface area contributed by atoms with Crippen molar-refractivity contribution < 1.29 is 4.42 Å². The number of benzene rings is 1. The SMILES string of the molecule is c1cnc(Sc2ccccc2-c2ccco2)nc1. The molecule has 0 aliphatic heterocycles. The van der Waals surface area contributed by atoms with Crippen LogP contribution >= 0.6 is 11.8 Å².